The van der Waals surface area contributed by atoms with Crippen LogP contribution in [0.3, 0.4) is 0 Å². The first-order chi connectivity index (χ1) is 9.61. The molecule has 0 amide bonds. The molecule has 1 aromatic heterocycles. The average molecular weight is 276 g/mol. The molecule has 0 atom stereocenters. The Bertz CT molecular complexity index is 632. The Morgan fingerprint density at radius 3 is 2.90 bits per heavy atom. The Kier molecular flexibility index (Phi) is 4.14. The van der Waals surface area contributed by atoms with Gasteiger partial charge in [-0.05, 0) is 18.2 Å². The highest BCUT2D eigenvalue weighted by Gasteiger charge is 2.16. The molecule has 5 nitrogen and oxygen atoms in total. The molecule has 0 aliphatic carbocycles. The molecule has 0 radical (unpaired) electrons. The van der Waals surface area contributed by atoms with Crippen molar-refractivity contribution in [3.05, 3.63) is 53.6 Å². The number of esters is 1. The van der Waals surface area contributed by atoms with Gasteiger partial charge in [0.25, 0.3) is 0 Å². The summed E-state index contributed by atoms with van der Waals surface area (Å²) in [6, 6.07) is 6.12. The Hall–Kier alpha value is -2.63. The molecule has 2 aromatic rings. The topological polar surface area (TPSA) is 74.4 Å². The fraction of sp³-hybridized carbons (Fsp3) is 0.143. The number of nitrogen functional groups attached to an aromatic ring is 1. The minimum absolute atomic E-state index is 0.0677. The van der Waals surface area contributed by atoms with E-state index in [-0.39, 0.29) is 23.6 Å². The third-order valence-electron chi connectivity index (χ3n) is 2.60. The highest BCUT2D eigenvalue weighted by molar-refractivity contribution is 5.98. The van der Waals surface area contributed by atoms with E-state index in [2.05, 4.69) is 9.72 Å². The number of rotatable bonds is 4. The van der Waals surface area contributed by atoms with Gasteiger partial charge in [0, 0.05) is 17.4 Å². The fourth-order valence-corrected chi connectivity index (χ4v) is 1.68. The molecule has 2 rings (SSSR count). The molecular formula is C14H13FN2O3. The first-order valence-electron chi connectivity index (χ1n) is 5.81. The van der Waals surface area contributed by atoms with Gasteiger partial charge in [-0.1, -0.05) is 6.07 Å². The van der Waals surface area contributed by atoms with Crippen LogP contribution in [0.1, 0.15) is 15.9 Å². The zero-order valence-electron chi connectivity index (χ0n) is 10.8. The maximum absolute atomic E-state index is 13.0. The summed E-state index contributed by atoms with van der Waals surface area (Å²) in [5.74, 6) is -0.761. The number of hydrogen-bond acceptors (Lipinski definition) is 5. The highest BCUT2D eigenvalue weighted by atomic mass is 19.1. The smallest absolute Gasteiger partial charge is 0.343 e. The Labute approximate surface area is 115 Å². The standard InChI is InChI=1S/C14H13FN2O3/c1-19-14(18)13-11(16)3-2-4-12(13)20-8-9-5-10(15)7-17-6-9/h2-7H,8,16H2,1H3. The number of pyridine rings is 1. The van der Waals surface area contributed by atoms with E-state index in [0.717, 1.165) is 6.20 Å². The number of methoxy groups -OCH3 is 1. The number of nitrogens with zero attached hydrogens (tertiary/aromatic N) is 1. The highest BCUT2D eigenvalue weighted by Crippen LogP contribution is 2.26. The zero-order valence-corrected chi connectivity index (χ0v) is 10.8. The zero-order chi connectivity index (χ0) is 14.5. The number of ether oxygens (including phenoxy) is 2. The summed E-state index contributed by atoms with van der Waals surface area (Å²) in [6.07, 6.45) is 2.58. The van der Waals surface area contributed by atoms with Gasteiger partial charge in [0.15, 0.2) is 0 Å². The summed E-state index contributed by atoms with van der Waals surface area (Å²) in [4.78, 5) is 15.4. The molecule has 0 spiro atoms. The van der Waals surface area contributed by atoms with E-state index in [1.807, 2.05) is 0 Å². The van der Waals surface area contributed by atoms with E-state index in [0.29, 0.717) is 5.56 Å². The van der Waals surface area contributed by atoms with Gasteiger partial charge in [0.05, 0.1) is 13.3 Å². The van der Waals surface area contributed by atoms with Crippen LogP contribution >= 0.6 is 0 Å². The van der Waals surface area contributed by atoms with Gasteiger partial charge in [0.2, 0.25) is 0 Å². The fourth-order valence-electron chi connectivity index (χ4n) is 1.68. The molecule has 1 aromatic carbocycles. The van der Waals surface area contributed by atoms with Crippen LogP contribution < -0.4 is 10.5 Å². The molecule has 1 heterocycles. The van der Waals surface area contributed by atoms with Gasteiger partial charge >= 0.3 is 5.97 Å². The van der Waals surface area contributed by atoms with Crippen molar-refractivity contribution in [1.82, 2.24) is 4.98 Å². The van der Waals surface area contributed by atoms with Gasteiger partial charge in [-0.25, -0.2) is 9.18 Å². The van der Waals surface area contributed by atoms with Gasteiger partial charge in [-0.15, -0.1) is 0 Å². The lowest BCUT2D eigenvalue weighted by atomic mass is 10.1. The van der Waals surface area contributed by atoms with Crippen LogP contribution in [0.5, 0.6) is 5.75 Å². The number of hydrogen-bond donors (Lipinski definition) is 1. The minimum atomic E-state index is -0.588. The van der Waals surface area contributed by atoms with Gasteiger partial charge in [0.1, 0.15) is 23.7 Å². The summed E-state index contributed by atoms with van der Waals surface area (Å²) < 4.78 is 23.2. The quantitative estimate of drug-likeness (QED) is 0.684. The Morgan fingerprint density at radius 2 is 2.20 bits per heavy atom. The monoisotopic (exact) mass is 276 g/mol. The molecule has 0 saturated carbocycles. The predicted molar refractivity (Wildman–Crippen MR) is 70.7 cm³/mol. The van der Waals surface area contributed by atoms with Crippen molar-refractivity contribution in [1.29, 1.82) is 0 Å². The molecular weight excluding hydrogens is 263 g/mol. The summed E-state index contributed by atoms with van der Waals surface area (Å²) in [6.45, 7) is 0.0677. The number of halogens is 1. The van der Waals surface area contributed by atoms with Crippen molar-refractivity contribution in [3.63, 3.8) is 0 Å². The second-order valence-corrected chi connectivity index (χ2v) is 4.01. The Balaban J connectivity index is 2.21. The second kappa shape index (κ2) is 6.01. The van der Waals surface area contributed by atoms with Crippen molar-refractivity contribution in [3.8, 4) is 5.75 Å². The van der Waals surface area contributed by atoms with Crippen LogP contribution in [-0.4, -0.2) is 18.1 Å². The lowest BCUT2D eigenvalue weighted by Crippen LogP contribution is -2.09. The van der Waals surface area contributed by atoms with E-state index >= 15 is 0 Å². The second-order valence-electron chi connectivity index (χ2n) is 4.01. The molecule has 0 saturated heterocycles. The van der Waals surface area contributed by atoms with Crippen LogP contribution in [0.25, 0.3) is 0 Å². The average Bonchev–Trinajstić information content (AvgIpc) is 2.44. The van der Waals surface area contributed by atoms with Crippen LogP contribution in [0, 0.1) is 5.82 Å². The van der Waals surface area contributed by atoms with E-state index in [9.17, 15) is 9.18 Å². The summed E-state index contributed by atoms with van der Waals surface area (Å²) >= 11 is 0. The molecule has 0 aliphatic rings. The molecule has 104 valence electrons. The predicted octanol–water partition coefficient (Wildman–Crippen LogP) is 2.17. The number of aromatic nitrogens is 1. The van der Waals surface area contributed by atoms with Crippen molar-refractivity contribution in [2.24, 2.45) is 0 Å². The largest absolute Gasteiger partial charge is 0.488 e. The number of carbonyl (C=O) groups is 1. The van der Waals surface area contributed by atoms with Crippen molar-refractivity contribution < 1.29 is 18.7 Å². The summed E-state index contributed by atoms with van der Waals surface area (Å²) in [7, 11) is 1.26. The molecule has 20 heavy (non-hydrogen) atoms. The third-order valence-corrected chi connectivity index (χ3v) is 2.60. The maximum atomic E-state index is 13.0. The number of carbonyl (C=O) groups excluding carboxylic acids is 1. The van der Waals surface area contributed by atoms with E-state index in [1.54, 1.807) is 18.2 Å². The van der Waals surface area contributed by atoms with Crippen LogP contribution in [0.2, 0.25) is 0 Å². The van der Waals surface area contributed by atoms with Crippen molar-refractivity contribution in [2.75, 3.05) is 12.8 Å². The maximum Gasteiger partial charge on any atom is 0.343 e. The van der Waals surface area contributed by atoms with E-state index in [4.69, 9.17) is 10.5 Å². The van der Waals surface area contributed by atoms with E-state index < -0.39 is 11.8 Å². The molecule has 6 heteroatoms. The van der Waals surface area contributed by atoms with Crippen LogP contribution in [0.4, 0.5) is 10.1 Å². The van der Waals surface area contributed by atoms with Gasteiger partial charge < -0.3 is 15.2 Å². The van der Waals surface area contributed by atoms with Crippen molar-refractivity contribution in [2.45, 2.75) is 6.61 Å². The van der Waals surface area contributed by atoms with Crippen LogP contribution in [0.15, 0.2) is 36.7 Å². The normalized spacial score (nSPS) is 10.1. The molecule has 0 aliphatic heterocycles. The van der Waals surface area contributed by atoms with Gasteiger partial charge in [-0.2, -0.15) is 0 Å². The molecule has 0 bridgehead atoms. The first kappa shape index (κ1) is 13.8. The lowest BCUT2D eigenvalue weighted by molar-refractivity contribution is 0.0597. The SMILES string of the molecule is COC(=O)c1c(N)cccc1OCc1cncc(F)c1. The van der Waals surface area contributed by atoms with Crippen LogP contribution in [-0.2, 0) is 11.3 Å². The molecule has 0 fully saturated rings. The van der Waals surface area contributed by atoms with E-state index in [1.165, 1.54) is 19.4 Å². The number of nitrogens with two attached hydrogens (primary N) is 1. The molecule has 0 unspecified atom stereocenters. The summed E-state index contributed by atoms with van der Waals surface area (Å²) in [5, 5.41) is 0. The molecule has 2 N–H and O–H groups in total. The number of anilines is 1. The Morgan fingerprint density at radius 1 is 1.40 bits per heavy atom. The van der Waals surface area contributed by atoms with Crippen molar-refractivity contribution >= 4 is 11.7 Å². The first-order valence-corrected chi connectivity index (χ1v) is 5.81. The third kappa shape index (κ3) is 3.03. The number of benzene rings is 1. The summed E-state index contributed by atoms with van der Waals surface area (Å²) in [5.41, 5.74) is 6.69. The lowest BCUT2D eigenvalue weighted by Gasteiger charge is -2.12. The van der Waals surface area contributed by atoms with Gasteiger partial charge in [-0.3, -0.25) is 4.98 Å². The minimum Gasteiger partial charge on any atom is -0.488 e.